The van der Waals surface area contributed by atoms with E-state index < -0.39 is 33.8 Å². The molecule has 0 heterocycles. The number of rotatable bonds is 17. The highest BCUT2D eigenvalue weighted by Gasteiger charge is 2.27. The third kappa shape index (κ3) is 12.2. The van der Waals surface area contributed by atoms with Gasteiger partial charge in [0, 0.05) is 18.6 Å². The second-order valence-corrected chi connectivity index (χ2v) is 9.07. The second kappa shape index (κ2) is 16.7. The minimum absolute atomic E-state index is 0.138. The van der Waals surface area contributed by atoms with Crippen LogP contribution in [0.3, 0.4) is 0 Å². The number of nitrogens with one attached hydrogen (secondary N) is 1. The molecule has 0 saturated heterocycles. The number of nitro groups is 1. The third-order valence-corrected chi connectivity index (χ3v) is 5.66. The van der Waals surface area contributed by atoms with Crippen LogP contribution in [-0.4, -0.2) is 39.4 Å². The predicted octanol–water partition coefficient (Wildman–Crippen LogP) is 5.38. The van der Waals surface area contributed by atoms with Gasteiger partial charge in [-0.05, 0) is 24.1 Å². The molecule has 8 nitrogen and oxygen atoms in total. The van der Waals surface area contributed by atoms with E-state index in [4.69, 9.17) is 27.9 Å². The largest absolute Gasteiger partial charge is 0.463 e. The molecule has 0 aliphatic heterocycles. The number of aliphatic hydroxyl groups is 1. The van der Waals surface area contributed by atoms with Crippen molar-refractivity contribution in [3.8, 4) is 0 Å². The van der Waals surface area contributed by atoms with Crippen LogP contribution in [0.4, 0.5) is 5.69 Å². The number of carbonyl (C=O) groups is 2. The van der Waals surface area contributed by atoms with Crippen LogP contribution in [0.5, 0.6) is 0 Å². The number of amides is 1. The molecule has 0 spiro atoms. The Morgan fingerprint density at radius 1 is 1.03 bits per heavy atom. The Morgan fingerprint density at radius 3 is 2.09 bits per heavy atom. The van der Waals surface area contributed by atoms with Crippen LogP contribution in [0, 0.1) is 10.1 Å². The summed E-state index contributed by atoms with van der Waals surface area (Å²) < 4.78 is 5.25. The summed E-state index contributed by atoms with van der Waals surface area (Å²) in [5, 5.41) is 23.9. The topological polar surface area (TPSA) is 119 Å². The zero-order valence-electron chi connectivity index (χ0n) is 19.0. The molecule has 0 saturated carbocycles. The van der Waals surface area contributed by atoms with Gasteiger partial charge >= 0.3 is 5.97 Å². The summed E-state index contributed by atoms with van der Waals surface area (Å²) in [5.41, 5.74) is 0.169. The number of non-ortho nitro benzene ring substituents is 1. The average Bonchev–Trinajstić information content (AvgIpc) is 2.80. The van der Waals surface area contributed by atoms with Gasteiger partial charge in [-0.2, -0.15) is 0 Å². The van der Waals surface area contributed by atoms with Gasteiger partial charge in [-0.15, -0.1) is 0 Å². The highest BCUT2D eigenvalue weighted by molar-refractivity contribution is 6.53. The number of nitro benzene ring substituents is 1. The number of unbranched alkanes of at least 4 members (excludes halogenated alkanes) is 8. The summed E-state index contributed by atoms with van der Waals surface area (Å²) >= 11 is 11.2. The number of aliphatic hydroxyl groups excluding tert-OH is 1. The van der Waals surface area contributed by atoms with E-state index in [0.717, 1.165) is 19.3 Å². The zero-order valence-corrected chi connectivity index (χ0v) is 20.5. The maximum Gasteiger partial charge on any atom is 0.305 e. The molecule has 0 bridgehead atoms. The Kier molecular flexibility index (Phi) is 14.7. The Balaban J connectivity index is 2.50. The van der Waals surface area contributed by atoms with Crippen molar-refractivity contribution in [1.29, 1.82) is 0 Å². The molecule has 0 aliphatic rings. The fourth-order valence-electron chi connectivity index (χ4n) is 3.32. The van der Waals surface area contributed by atoms with Gasteiger partial charge in [0.05, 0.1) is 11.0 Å². The van der Waals surface area contributed by atoms with Gasteiger partial charge in [0.15, 0.2) is 4.84 Å². The molecule has 186 valence electrons. The number of carbonyl (C=O) groups excluding carboxylic acids is 2. The quantitative estimate of drug-likeness (QED) is 0.0965. The maximum absolute atomic E-state index is 12.1. The number of hydrogen-bond donors (Lipinski definition) is 2. The van der Waals surface area contributed by atoms with Crippen molar-refractivity contribution in [3.05, 3.63) is 39.9 Å². The molecule has 1 amide bonds. The average molecular weight is 505 g/mol. The first-order chi connectivity index (χ1) is 15.8. The number of alkyl halides is 2. The number of esters is 1. The van der Waals surface area contributed by atoms with E-state index in [1.165, 1.54) is 56.4 Å². The fourth-order valence-corrected chi connectivity index (χ4v) is 3.44. The van der Waals surface area contributed by atoms with Crippen molar-refractivity contribution in [3.63, 3.8) is 0 Å². The summed E-state index contributed by atoms with van der Waals surface area (Å²) in [4.78, 5) is 32.9. The molecule has 0 aromatic heterocycles. The number of halogens is 2. The van der Waals surface area contributed by atoms with Crippen molar-refractivity contribution in [2.45, 2.75) is 88.1 Å². The summed E-state index contributed by atoms with van der Waals surface area (Å²) in [5.74, 6) is -1.18. The minimum Gasteiger partial charge on any atom is -0.463 e. The lowest BCUT2D eigenvalue weighted by atomic mass is 10.0. The van der Waals surface area contributed by atoms with Crippen LogP contribution in [0.15, 0.2) is 24.3 Å². The molecule has 0 aliphatic carbocycles. The van der Waals surface area contributed by atoms with E-state index in [-0.39, 0.29) is 18.7 Å². The predicted molar refractivity (Wildman–Crippen MR) is 128 cm³/mol. The van der Waals surface area contributed by atoms with Crippen molar-refractivity contribution in [2.24, 2.45) is 0 Å². The summed E-state index contributed by atoms with van der Waals surface area (Å²) in [6.07, 6.45) is 9.10. The molecular formula is C23H34Cl2N2O6. The highest BCUT2D eigenvalue weighted by atomic mass is 35.5. The van der Waals surface area contributed by atoms with Crippen LogP contribution < -0.4 is 5.32 Å². The second-order valence-electron chi connectivity index (χ2n) is 7.97. The fraction of sp³-hybridized carbons (Fsp3) is 0.652. The Bertz CT molecular complexity index is 730. The highest BCUT2D eigenvalue weighted by Crippen LogP contribution is 2.21. The third-order valence-electron chi connectivity index (χ3n) is 5.26. The smallest absolute Gasteiger partial charge is 0.305 e. The van der Waals surface area contributed by atoms with Crippen LogP contribution >= 0.6 is 23.2 Å². The molecule has 0 fully saturated rings. The molecule has 0 radical (unpaired) electrons. The number of benzene rings is 1. The minimum atomic E-state index is -1.37. The summed E-state index contributed by atoms with van der Waals surface area (Å²) in [6, 6.07) is 4.18. The monoisotopic (exact) mass is 504 g/mol. The van der Waals surface area contributed by atoms with Crippen molar-refractivity contribution in [1.82, 2.24) is 5.32 Å². The van der Waals surface area contributed by atoms with Gasteiger partial charge in [0.2, 0.25) is 0 Å². The molecule has 1 rings (SSSR count). The summed E-state index contributed by atoms with van der Waals surface area (Å²) in [6.45, 7) is 1.90. The lowest BCUT2D eigenvalue weighted by Crippen LogP contribution is -2.45. The first-order valence-corrected chi connectivity index (χ1v) is 12.3. The first kappa shape index (κ1) is 29.1. The number of hydrogen-bond acceptors (Lipinski definition) is 6. The molecule has 2 N–H and O–H groups in total. The van der Waals surface area contributed by atoms with Crippen molar-refractivity contribution in [2.75, 3.05) is 6.61 Å². The Morgan fingerprint density at radius 2 is 1.58 bits per heavy atom. The molecule has 2 atom stereocenters. The zero-order chi connectivity index (χ0) is 24.6. The molecule has 1 aromatic rings. The Hall–Kier alpha value is -1.90. The van der Waals surface area contributed by atoms with E-state index in [0.29, 0.717) is 12.0 Å². The molecular weight excluding hydrogens is 471 g/mol. The van der Waals surface area contributed by atoms with Crippen LogP contribution in [0.2, 0.25) is 0 Å². The van der Waals surface area contributed by atoms with E-state index in [9.17, 15) is 24.8 Å². The molecule has 1 aromatic carbocycles. The van der Waals surface area contributed by atoms with Crippen molar-refractivity contribution < 1.29 is 24.4 Å². The van der Waals surface area contributed by atoms with Gasteiger partial charge in [0.25, 0.3) is 11.6 Å². The standard InChI is InChI=1S/C23H34Cl2N2O6/c1-2-3-4-5-6-7-8-9-10-11-20(28)33-16-19(26-23(30)22(24)25)21(29)17-12-14-18(15-13-17)27(31)32/h12-15,19,21-22,29H,2-11,16H2,1H3,(H,26,30). The van der Waals surface area contributed by atoms with Gasteiger partial charge in [-0.1, -0.05) is 81.5 Å². The SMILES string of the molecule is CCCCCCCCCCCC(=O)OCC(NC(=O)C(Cl)Cl)C(O)c1ccc([N+](=O)[O-])cc1. The van der Waals surface area contributed by atoms with Crippen LogP contribution in [0.1, 0.15) is 82.8 Å². The van der Waals surface area contributed by atoms with Crippen LogP contribution in [0.25, 0.3) is 0 Å². The van der Waals surface area contributed by atoms with Crippen LogP contribution in [-0.2, 0) is 14.3 Å². The van der Waals surface area contributed by atoms with Crippen molar-refractivity contribution >= 4 is 40.8 Å². The first-order valence-electron chi connectivity index (χ1n) is 11.4. The van der Waals surface area contributed by atoms with Gasteiger partial charge < -0.3 is 15.2 Å². The molecule has 2 unspecified atom stereocenters. The number of ether oxygens (including phenoxy) is 1. The maximum atomic E-state index is 12.1. The lowest BCUT2D eigenvalue weighted by molar-refractivity contribution is -0.384. The van der Waals surface area contributed by atoms with Gasteiger partial charge in [-0.25, -0.2) is 0 Å². The van der Waals surface area contributed by atoms with E-state index >= 15 is 0 Å². The number of nitrogens with zero attached hydrogens (tertiary/aromatic N) is 1. The summed E-state index contributed by atoms with van der Waals surface area (Å²) in [7, 11) is 0. The molecule has 33 heavy (non-hydrogen) atoms. The lowest BCUT2D eigenvalue weighted by Gasteiger charge is -2.24. The van der Waals surface area contributed by atoms with Gasteiger partial charge in [-0.3, -0.25) is 19.7 Å². The van der Waals surface area contributed by atoms with Gasteiger partial charge in [0.1, 0.15) is 12.7 Å². The van der Waals surface area contributed by atoms with E-state index in [1.54, 1.807) is 0 Å². The normalized spacial score (nSPS) is 12.9. The molecule has 10 heteroatoms. The van der Waals surface area contributed by atoms with E-state index in [1.807, 2.05) is 0 Å². The Labute approximate surface area is 205 Å². The van der Waals surface area contributed by atoms with E-state index in [2.05, 4.69) is 12.2 Å².